The molecular weight excluding hydrogens is 272 g/mol. The number of hydrogen-bond acceptors (Lipinski definition) is 4. The Labute approximate surface area is 114 Å². The number of carbonyl (C=O) groups is 1. The zero-order valence-electron chi connectivity index (χ0n) is 10.5. The van der Waals surface area contributed by atoms with Gasteiger partial charge in [0, 0.05) is 29.7 Å². The van der Waals surface area contributed by atoms with Crippen LogP contribution >= 0.6 is 11.8 Å². The van der Waals surface area contributed by atoms with E-state index in [0.29, 0.717) is 6.54 Å². The van der Waals surface area contributed by atoms with Gasteiger partial charge in [-0.1, -0.05) is 0 Å². The van der Waals surface area contributed by atoms with Crippen molar-refractivity contribution in [1.82, 2.24) is 4.90 Å². The Morgan fingerprint density at radius 3 is 2.63 bits per heavy atom. The molecule has 0 aromatic heterocycles. The van der Waals surface area contributed by atoms with Crippen molar-refractivity contribution < 1.29 is 13.6 Å². The van der Waals surface area contributed by atoms with E-state index < -0.39 is 17.3 Å². The first-order valence-corrected chi connectivity index (χ1v) is 7.04. The predicted molar refractivity (Wildman–Crippen MR) is 72.0 cm³/mol. The van der Waals surface area contributed by atoms with Crippen LogP contribution < -0.4 is 11.3 Å². The number of anilines is 1. The molecule has 1 aliphatic heterocycles. The second-order valence-electron chi connectivity index (χ2n) is 4.38. The molecule has 1 aliphatic rings. The maximum Gasteiger partial charge on any atom is 0.254 e. The van der Waals surface area contributed by atoms with Crippen LogP contribution in [-0.4, -0.2) is 34.9 Å². The number of amides is 1. The number of rotatable bonds is 2. The Hall–Kier alpha value is -1.34. The highest BCUT2D eigenvalue weighted by Gasteiger charge is 2.26. The zero-order valence-corrected chi connectivity index (χ0v) is 11.3. The van der Waals surface area contributed by atoms with E-state index in [1.807, 2.05) is 12.3 Å². The summed E-state index contributed by atoms with van der Waals surface area (Å²) in [5.41, 5.74) is 1.52. The number of benzene rings is 1. The summed E-state index contributed by atoms with van der Waals surface area (Å²) in [6.45, 7) is 2.51. The number of hydrazine groups is 1. The van der Waals surface area contributed by atoms with E-state index >= 15 is 0 Å². The predicted octanol–water partition coefficient (Wildman–Crippen LogP) is 1.83. The topological polar surface area (TPSA) is 58.4 Å². The van der Waals surface area contributed by atoms with Crippen LogP contribution in [0.15, 0.2) is 12.1 Å². The fraction of sp³-hybridized carbons (Fsp3) is 0.417. The van der Waals surface area contributed by atoms with Gasteiger partial charge in [-0.05, 0) is 19.1 Å². The van der Waals surface area contributed by atoms with Gasteiger partial charge in [0.25, 0.3) is 5.91 Å². The number of nitrogens with one attached hydrogen (secondary N) is 1. The number of nitrogen functional groups attached to an aromatic ring is 1. The van der Waals surface area contributed by atoms with Crippen molar-refractivity contribution in [2.45, 2.75) is 13.0 Å². The molecule has 1 unspecified atom stereocenters. The standard InChI is InChI=1S/C12H15F2N3OS/c1-7-6-19-3-2-17(7)12(18)8-4-9(13)11(16-15)10(14)5-8/h4-5,7,16H,2-3,6,15H2,1H3. The Morgan fingerprint density at radius 1 is 1.47 bits per heavy atom. The van der Waals surface area contributed by atoms with Crippen LogP contribution in [0.4, 0.5) is 14.5 Å². The summed E-state index contributed by atoms with van der Waals surface area (Å²) in [5, 5.41) is 0. The molecule has 2 rings (SSSR count). The highest BCUT2D eigenvalue weighted by molar-refractivity contribution is 7.99. The summed E-state index contributed by atoms with van der Waals surface area (Å²) in [4.78, 5) is 13.9. The second-order valence-corrected chi connectivity index (χ2v) is 5.53. The first-order chi connectivity index (χ1) is 9.04. The minimum Gasteiger partial charge on any atom is -0.334 e. The lowest BCUT2D eigenvalue weighted by Crippen LogP contribution is -2.44. The van der Waals surface area contributed by atoms with Crippen LogP contribution in [0.25, 0.3) is 0 Å². The van der Waals surface area contributed by atoms with Gasteiger partial charge in [0.15, 0.2) is 11.6 Å². The minimum absolute atomic E-state index is 0.00718. The SMILES string of the molecule is CC1CSCCN1C(=O)c1cc(F)c(NN)c(F)c1. The Morgan fingerprint density at radius 2 is 2.11 bits per heavy atom. The van der Waals surface area contributed by atoms with E-state index in [0.717, 1.165) is 23.6 Å². The van der Waals surface area contributed by atoms with Crippen molar-refractivity contribution >= 4 is 23.4 Å². The molecule has 1 aromatic rings. The molecule has 0 saturated carbocycles. The number of carbonyl (C=O) groups excluding carboxylic acids is 1. The van der Waals surface area contributed by atoms with Gasteiger partial charge in [-0.3, -0.25) is 10.6 Å². The summed E-state index contributed by atoms with van der Waals surface area (Å²) < 4.78 is 27.2. The van der Waals surface area contributed by atoms with Crippen LogP contribution in [0.2, 0.25) is 0 Å². The number of nitrogens with two attached hydrogens (primary N) is 1. The van der Waals surface area contributed by atoms with Crippen molar-refractivity contribution in [3.05, 3.63) is 29.3 Å². The van der Waals surface area contributed by atoms with Gasteiger partial charge in [0.05, 0.1) is 0 Å². The molecule has 0 radical (unpaired) electrons. The van der Waals surface area contributed by atoms with Crippen LogP contribution in [0.3, 0.4) is 0 Å². The monoisotopic (exact) mass is 287 g/mol. The molecule has 1 amide bonds. The molecule has 0 aliphatic carbocycles. The van der Waals surface area contributed by atoms with E-state index in [4.69, 9.17) is 5.84 Å². The van der Waals surface area contributed by atoms with E-state index in [9.17, 15) is 13.6 Å². The molecule has 1 heterocycles. The van der Waals surface area contributed by atoms with Gasteiger partial charge in [-0.15, -0.1) is 0 Å². The molecule has 1 atom stereocenters. The van der Waals surface area contributed by atoms with Crippen molar-refractivity contribution in [2.75, 3.05) is 23.5 Å². The lowest BCUT2D eigenvalue weighted by Gasteiger charge is -2.33. The van der Waals surface area contributed by atoms with Gasteiger partial charge in [0.2, 0.25) is 0 Å². The van der Waals surface area contributed by atoms with E-state index in [-0.39, 0.29) is 17.5 Å². The highest BCUT2D eigenvalue weighted by atomic mass is 32.2. The fourth-order valence-corrected chi connectivity index (χ4v) is 3.04. The Bertz CT molecular complexity index is 475. The molecule has 4 nitrogen and oxygen atoms in total. The summed E-state index contributed by atoms with van der Waals surface area (Å²) in [6, 6.07) is 2.08. The van der Waals surface area contributed by atoms with Crippen molar-refractivity contribution in [3.63, 3.8) is 0 Å². The molecule has 1 saturated heterocycles. The van der Waals surface area contributed by atoms with Crippen molar-refractivity contribution in [3.8, 4) is 0 Å². The first-order valence-electron chi connectivity index (χ1n) is 5.89. The van der Waals surface area contributed by atoms with Gasteiger partial charge >= 0.3 is 0 Å². The van der Waals surface area contributed by atoms with E-state index in [1.165, 1.54) is 0 Å². The third-order valence-corrected chi connectivity index (χ3v) is 4.25. The van der Waals surface area contributed by atoms with Crippen molar-refractivity contribution in [1.29, 1.82) is 0 Å². The maximum atomic E-state index is 13.6. The fourth-order valence-electron chi connectivity index (χ4n) is 2.03. The minimum atomic E-state index is -0.870. The summed E-state index contributed by atoms with van der Waals surface area (Å²) in [6.07, 6.45) is 0. The van der Waals surface area contributed by atoms with Crippen LogP contribution in [0, 0.1) is 11.6 Å². The molecule has 0 bridgehead atoms. The van der Waals surface area contributed by atoms with Gasteiger partial charge in [-0.2, -0.15) is 11.8 Å². The normalized spacial score (nSPS) is 19.4. The summed E-state index contributed by atoms with van der Waals surface area (Å²) >= 11 is 1.76. The molecule has 1 fully saturated rings. The lowest BCUT2D eigenvalue weighted by molar-refractivity contribution is 0.0715. The maximum absolute atomic E-state index is 13.6. The highest BCUT2D eigenvalue weighted by Crippen LogP contribution is 2.23. The number of halogens is 2. The Kier molecular flexibility index (Phi) is 4.26. The largest absolute Gasteiger partial charge is 0.334 e. The molecule has 0 spiro atoms. The van der Waals surface area contributed by atoms with Gasteiger partial charge in [-0.25, -0.2) is 8.78 Å². The molecule has 19 heavy (non-hydrogen) atoms. The van der Waals surface area contributed by atoms with Crippen LogP contribution in [0.1, 0.15) is 17.3 Å². The molecular formula is C12H15F2N3OS. The average molecular weight is 287 g/mol. The summed E-state index contributed by atoms with van der Waals surface area (Å²) in [7, 11) is 0. The lowest BCUT2D eigenvalue weighted by atomic mass is 10.1. The molecule has 1 aromatic carbocycles. The molecule has 104 valence electrons. The summed E-state index contributed by atoms with van der Waals surface area (Å²) in [5.74, 6) is 4.59. The number of thioether (sulfide) groups is 1. The quantitative estimate of drug-likeness (QED) is 0.643. The molecule has 7 heteroatoms. The zero-order chi connectivity index (χ0) is 14.0. The van der Waals surface area contributed by atoms with Crippen LogP contribution in [-0.2, 0) is 0 Å². The number of nitrogens with zero attached hydrogens (tertiary/aromatic N) is 1. The van der Waals surface area contributed by atoms with Crippen molar-refractivity contribution in [2.24, 2.45) is 5.84 Å². The van der Waals surface area contributed by atoms with Gasteiger partial charge in [0.1, 0.15) is 5.69 Å². The third-order valence-electron chi connectivity index (χ3n) is 3.06. The Balaban J connectivity index is 2.28. The average Bonchev–Trinajstić information content (AvgIpc) is 2.38. The van der Waals surface area contributed by atoms with Gasteiger partial charge < -0.3 is 10.3 Å². The van der Waals surface area contributed by atoms with E-state index in [2.05, 4.69) is 0 Å². The van der Waals surface area contributed by atoms with E-state index in [1.54, 1.807) is 16.7 Å². The number of hydrogen-bond donors (Lipinski definition) is 2. The second kappa shape index (κ2) is 5.75. The third kappa shape index (κ3) is 2.82. The van der Waals surface area contributed by atoms with Crippen LogP contribution in [0.5, 0.6) is 0 Å². The smallest absolute Gasteiger partial charge is 0.254 e. The molecule has 3 N–H and O–H groups in total. The first kappa shape index (κ1) is 14.1.